The van der Waals surface area contributed by atoms with Crippen LogP contribution in [0.3, 0.4) is 0 Å². The van der Waals surface area contributed by atoms with Gasteiger partial charge >= 0.3 is 0 Å². The predicted octanol–water partition coefficient (Wildman–Crippen LogP) is 2.02. The van der Waals surface area contributed by atoms with Crippen LogP contribution in [0.4, 0.5) is 5.69 Å². The summed E-state index contributed by atoms with van der Waals surface area (Å²) in [5, 5.41) is 11.8. The van der Waals surface area contributed by atoms with Gasteiger partial charge in [-0.25, -0.2) is 0 Å². The zero-order chi connectivity index (χ0) is 13.5. The lowest BCUT2D eigenvalue weighted by molar-refractivity contribution is 0.196. The SMILES string of the molecule is COCCCN(C)c1cc(Br)ccc1/C(N)=N/O. The first-order valence-corrected chi connectivity index (χ1v) is 6.37. The molecule has 0 saturated heterocycles. The van der Waals surface area contributed by atoms with E-state index >= 15 is 0 Å². The fourth-order valence-electron chi connectivity index (χ4n) is 1.66. The topological polar surface area (TPSA) is 71.1 Å². The number of hydrogen-bond acceptors (Lipinski definition) is 4. The Morgan fingerprint density at radius 1 is 1.56 bits per heavy atom. The molecule has 1 aromatic rings. The predicted molar refractivity (Wildman–Crippen MR) is 76.4 cm³/mol. The minimum absolute atomic E-state index is 0.107. The van der Waals surface area contributed by atoms with Gasteiger partial charge in [0.05, 0.1) is 0 Å². The number of nitrogens with two attached hydrogens (primary N) is 1. The minimum Gasteiger partial charge on any atom is -0.409 e. The number of hydrogen-bond donors (Lipinski definition) is 2. The van der Waals surface area contributed by atoms with E-state index in [2.05, 4.69) is 26.0 Å². The highest BCUT2D eigenvalue weighted by atomic mass is 79.9. The second-order valence-electron chi connectivity index (χ2n) is 3.91. The van der Waals surface area contributed by atoms with Crippen LogP contribution in [0, 0.1) is 0 Å². The van der Waals surface area contributed by atoms with Gasteiger partial charge in [-0.15, -0.1) is 0 Å². The molecule has 0 spiro atoms. The summed E-state index contributed by atoms with van der Waals surface area (Å²) >= 11 is 3.42. The van der Waals surface area contributed by atoms with Crippen molar-refractivity contribution in [1.29, 1.82) is 0 Å². The van der Waals surface area contributed by atoms with Crippen molar-refractivity contribution in [2.45, 2.75) is 6.42 Å². The van der Waals surface area contributed by atoms with Gasteiger partial charge in [-0.1, -0.05) is 21.1 Å². The Balaban J connectivity index is 2.94. The molecule has 0 amide bonds. The molecule has 0 aliphatic carbocycles. The lowest BCUT2D eigenvalue weighted by Crippen LogP contribution is -2.24. The molecule has 0 heterocycles. The van der Waals surface area contributed by atoms with Crippen molar-refractivity contribution in [3.8, 4) is 0 Å². The molecule has 1 rings (SSSR count). The maximum Gasteiger partial charge on any atom is 0.172 e. The van der Waals surface area contributed by atoms with Crippen LogP contribution < -0.4 is 10.6 Å². The largest absolute Gasteiger partial charge is 0.409 e. The first kappa shape index (κ1) is 14.8. The molecule has 5 nitrogen and oxygen atoms in total. The van der Waals surface area contributed by atoms with E-state index in [0.29, 0.717) is 12.2 Å². The van der Waals surface area contributed by atoms with Crippen molar-refractivity contribution in [2.75, 3.05) is 32.2 Å². The third kappa shape index (κ3) is 3.89. The monoisotopic (exact) mass is 315 g/mol. The molecule has 0 radical (unpaired) electrons. The van der Waals surface area contributed by atoms with Crippen molar-refractivity contribution >= 4 is 27.5 Å². The molecule has 0 bridgehead atoms. The number of oxime groups is 1. The Morgan fingerprint density at radius 3 is 2.89 bits per heavy atom. The van der Waals surface area contributed by atoms with Gasteiger partial charge in [-0.05, 0) is 24.6 Å². The average Bonchev–Trinajstić information content (AvgIpc) is 2.38. The van der Waals surface area contributed by atoms with Crippen molar-refractivity contribution < 1.29 is 9.94 Å². The van der Waals surface area contributed by atoms with E-state index in [1.165, 1.54) is 0 Å². The highest BCUT2D eigenvalue weighted by Crippen LogP contribution is 2.24. The van der Waals surface area contributed by atoms with Gasteiger partial charge in [-0.2, -0.15) is 0 Å². The number of nitrogens with zero attached hydrogens (tertiary/aromatic N) is 2. The molecule has 1 aromatic carbocycles. The number of ether oxygens (including phenoxy) is 1. The summed E-state index contributed by atoms with van der Waals surface area (Å²) in [6.07, 6.45) is 0.912. The number of anilines is 1. The van der Waals surface area contributed by atoms with Crippen LogP contribution in [0.2, 0.25) is 0 Å². The Labute approximate surface area is 115 Å². The summed E-state index contributed by atoms with van der Waals surface area (Å²) in [6.45, 7) is 1.53. The van der Waals surface area contributed by atoms with Gasteiger partial charge in [0.15, 0.2) is 5.84 Å². The molecule has 0 aromatic heterocycles. The average molecular weight is 316 g/mol. The molecular formula is C12H18BrN3O2. The maximum absolute atomic E-state index is 8.79. The van der Waals surface area contributed by atoms with Crippen LogP contribution in [0.1, 0.15) is 12.0 Å². The highest BCUT2D eigenvalue weighted by molar-refractivity contribution is 9.10. The quantitative estimate of drug-likeness (QED) is 0.277. The summed E-state index contributed by atoms with van der Waals surface area (Å²) in [5.41, 5.74) is 7.29. The number of amidine groups is 1. The highest BCUT2D eigenvalue weighted by Gasteiger charge is 2.11. The van der Waals surface area contributed by atoms with E-state index < -0.39 is 0 Å². The Morgan fingerprint density at radius 2 is 2.28 bits per heavy atom. The van der Waals surface area contributed by atoms with Gasteiger partial charge in [-0.3, -0.25) is 0 Å². The minimum atomic E-state index is 0.107. The summed E-state index contributed by atoms with van der Waals surface area (Å²) in [4.78, 5) is 2.05. The summed E-state index contributed by atoms with van der Waals surface area (Å²) in [5.74, 6) is 0.107. The molecule has 0 atom stereocenters. The van der Waals surface area contributed by atoms with Gasteiger partial charge in [0, 0.05) is 43.0 Å². The van der Waals surface area contributed by atoms with Crippen molar-refractivity contribution in [3.63, 3.8) is 0 Å². The van der Waals surface area contributed by atoms with Crippen LogP contribution in [-0.2, 0) is 4.74 Å². The number of benzene rings is 1. The molecule has 100 valence electrons. The Bertz CT molecular complexity index is 424. The molecule has 0 aliphatic rings. The standard InChI is InChI=1S/C12H18BrN3O2/c1-16(6-3-7-18-2)11-8-9(13)4-5-10(11)12(14)15-17/h4-5,8,17H,3,6-7H2,1-2H3,(H2,14,15). The van der Waals surface area contributed by atoms with Crippen molar-refractivity contribution in [1.82, 2.24) is 0 Å². The third-order valence-electron chi connectivity index (χ3n) is 2.60. The number of methoxy groups -OCH3 is 1. The van der Waals surface area contributed by atoms with Crippen LogP contribution in [0.25, 0.3) is 0 Å². The van der Waals surface area contributed by atoms with Crippen molar-refractivity contribution in [3.05, 3.63) is 28.2 Å². The summed E-state index contributed by atoms with van der Waals surface area (Å²) in [7, 11) is 3.65. The molecule has 0 saturated carbocycles. The lowest BCUT2D eigenvalue weighted by atomic mass is 10.1. The van der Waals surface area contributed by atoms with E-state index in [9.17, 15) is 0 Å². The fourth-order valence-corrected chi connectivity index (χ4v) is 2.01. The summed E-state index contributed by atoms with van der Waals surface area (Å²) < 4.78 is 5.98. The maximum atomic E-state index is 8.79. The number of rotatable bonds is 6. The summed E-state index contributed by atoms with van der Waals surface area (Å²) in [6, 6.07) is 5.63. The van der Waals surface area contributed by atoms with Gasteiger partial charge in [0.25, 0.3) is 0 Å². The van der Waals surface area contributed by atoms with E-state index in [1.54, 1.807) is 7.11 Å². The van der Waals surface area contributed by atoms with Crippen LogP contribution in [0.5, 0.6) is 0 Å². The Hall–Kier alpha value is -1.27. The molecular weight excluding hydrogens is 298 g/mol. The first-order chi connectivity index (χ1) is 8.60. The molecule has 0 fully saturated rings. The van der Waals surface area contributed by atoms with E-state index in [0.717, 1.165) is 23.1 Å². The third-order valence-corrected chi connectivity index (χ3v) is 3.09. The van der Waals surface area contributed by atoms with E-state index in [4.69, 9.17) is 15.7 Å². The van der Waals surface area contributed by atoms with Crippen molar-refractivity contribution in [2.24, 2.45) is 10.9 Å². The molecule has 0 unspecified atom stereocenters. The molecule has 6 heteroatoms. The second kappa shape index (κ2) is 7.23. The first-order valence-electron chi connectivity index (χ1n) is 5.57. The van der Waals surface area contributed by atoms with Gasteiger partial charge in [0.2, 0.25) is 0 Å². The van der Waals surface area contributed by atoms with Crippen LogP contribution in [-0.4, -0.2) is 38.4 Å². The Kier molecular flexibility index (Phi) is 5.94. The second-order valence-corrected chi connectivity index (χ2v) is 4.83. The van der Waals surface area contributed by atoms with Crippen LogP contribution >= 0.6 is 15.9 Å². The lowest BCUT2D eigenvalue weighted by Gasteiger charge is -2.22. The van der Waals surface area contributed by atoms with E-state index in [-0.39, 0.29) is 5.84 Å². The van der Waals surface area contributed by atoms with Gasteiger partial charge in [0.1, 0.15) is 0 Å². The smallest absolute Gasteiger partial charge is 0.172 e. The van der Waals surface area contributed by atoms with Gasteiger partial charge < -0.3 is 20.6 Å². The zero-order valence-corrected chi connectivity index (χ0v) is 12.1. The molecule has 3 N–H and O–H groups in total. The number of halogens is 1. The molecule has 18 heavy (non-hydrogen) atoms. The molecule has 0 aliphatic heterocycles. The zero-order valence-electron chi connectivity index (χ0n) is 10.6. The normalized spacial score (nSPS) is 11.6. The van der Waals surface area contributed by atoms with E-state index in [1.807, 2.05) is 25.2 Å². The fraction of sp³-hybridized carbons (Fsp3) is 0.417. The van der Waals surface area contributed by atoms with Crippen LogP contribution in [0.15, 0.2) is 27.8 Å².